The highest BCUT2D eigenvalue weighted by molar-refractivity contribution is 9.11. The number of piperidine rings is 1. The molecule has 2 atom stereocenters. The smallest absolute Gasteiger partial charge is 0.410 e. The second-order valence-corrected chi connectivity index (χ2v) is 9.46. The fraction of sp³-hybridized carbons (Fsp3) is 0.529. The summed E-state index contributed by atoms with van der Waals surface area (Å²) in [5.74, 6) is -0.527. The summed E-state index contributed by atoms with van der Waals surface area (Å²) in [6, 6.07) is 2.86. The average Bonchev–Trinajstić information content (AvgIpc) is 2.87. The first-order valence-electron chi connectivity index (χ1n) is 8.20. The summed E-state index contributed by atoms with van der Waals surface area (Å²) in [4.78, 5) is 17.9. The average molecular weight is 447 g/mol. The van der Waals surface area contributed by atoms with Gasteiger partial charge in [0, 0.05) is 18.7 Å². The highest BCUT2D eigenvalue weighted by atomic mass is 79.9. The van der Waals surface area contributed by atoms with Crippen molar-refractivity contribution in [2.75, 3.05) is 13.1 Å². The van der Waals surface area contributed by atoms with E-state index in [-0.39, 0.29) is 12.3 Å². The number of aliphatic hydroxyl groups excluding tert-OH is 1. The zero-order valence-electron chi connectivity index (χ0n) is 14.7. The van der Waals surface area contributed by atoms with E-state index in [1.54, 1.807) is 26.8 Å². The van der Waals surface area contributed by atoms with Crippen molar-refractivity contribution in [3.8, 4) is 5.75 Å². The van der Waals surface area contributed by atoms with Gasteiger partial charge in [-0.05, 0) is 43.1 Å². The monoisotopic (exact) mass is 446 g/mol. The lowest BCUT2D eigenvalue weighted by Gasteiger charge is -2.36. The summed E-state index contributed by atoms with van der Waals surface area (Å²) < 4.78 is 26.8. The van der Waals surface area contributed by atoms with Crippen molar-refractivity contribution in [2.45, 2.75) is 45.0 Å². The SMILES string of the molecule is CC(C)(C)OC(=O)N1CC[C@H](O)[C@H](Oc2cc3sc(Br)nc3cc2F)C1. The normalized spacial score (nSPS) is 21.1. The molecule has 1 aromatic heterocycles. The molecule has 2 aromatic rings. The van der Waals surface area contributed by atoms with E-state index in [9.17, 15) is 14.3 Å². The van der Waals surface area contributed by atoms with E-state index in [0.29, 0.717) is 22.4 Å². The van der Waals surface area contributed by atoms with Crippen LogP contribution in [0.1, 0.15) is 27.2 Å². The van der Waals surface area contributed by atoms with Gasteiger partial charge < -0.3 is 19.5 Å². The Balaban J connectivity index is 1.75. The molecule has 0 unspecified atom stereocenters. The van der Waals surface area contributed by atoms with E-state index in [2.05, 4.69) is 20.9 Å². The molecule has 1 aliphatic rings. The van der Waals surface area contributed by atoms with Crippen molar-refractivity contribution >= 4 is 43.6 Å². The van der Waals surface area contributed by atoms with E-state index in [1.165, 1.54) is 22.3 Å². The maximum atomic E-state index is 14.3. The number of fused-ring (bicyclic) bond motifs is 1. The minimum atomic E-state index is -0.794. The van der Waals surface area contributed by atoms with Crippen LogP contribution < -0.4 is 4.74 Å². The Hall–Kier alpha value is -1.45. The number of carbonyl (C=O) groups is 1. The molecule has 142 valence electrons. The van der Waals surface area contributed by atoms with Crippen LogP contribution in [0.5, 0.6) is 5.75 Å². The molecule has 1 aliphatic heterocycles. The van der Waals surface area contributed by atoms with Gasteiger partial charge in [0.25, 0.3) is 0 Å². The fourth-order valence-corrected chi connectivity index (χ4v) is 4.08. The number of thiazole rings is 1. The van der Waals surface area contributed by atoms with E-state index < -0.39 is 29.7 Å². The molecule has 0 radical (unpaired) electrons. The Bertz CT molecular complexity index is 823. The first-order chi connectivity index (χ1) is 12.1. The van der Waals surface area contributed by atoms with Gasteiger partial charge in [0.05, 0.1) is 22.9 Å². The van der Waals surface area contributed by atoms with Crippen molar-refractivity contribution in [1.29, 1.82) is 0 Å². The maximum Gasteiger partial charge on any atom is 0.410 e. The van der Waals surface area contributed by atoms with Crippen molar-refractivity contribution in [1.82, 2.24) is 9.88 Å². The standard InChI is InChI=1S/C17H20BrFN2O4S/c1-17(2,3)25-16(23)21-5-4-11(22)13(8-21)24-12-7-14-10(6-9(12)19)20-15(18)26-14/h6-7,11,13,22H,4-5,8H2,1-3H3/t11-,13+/m0/s1. The summed E-state index contributed by atoms with van der Waals surface area (Å²) in [6.45, 7) is 5.85. The largest absolute Gasteiger partial charge is 0.483 e. The topological polar surface area (TPSA) is 71.9 Å². The van der Waals surface area contributed by atoms with Gasteiger partial charge >= 0.3 is 6.09 Å². The summed E-state index contributed by atoms with van der Waals surface area (Å²) >= 11 is 4.64. The van der Waals surface area contributed by atoms with Crippen LogP contribution in [0.15, 0.2) is 16.0 Å². The summed E-state index contributed by atoms with van der Waals surface area (Å²) in [5.41, 5.74) is -0.0773. The van der Waals surface area contributed by atoms with Gasteiger partial charge in [-0.1, -0.05) is 0 Å². The maximum absolute atomic E-state index is 14.3. The molecule has 0 bridgehead atoms. The van der Waals surface area contributed by atoms with Gasteiger partial charge in [-0.25, -0.2) is 14.2 Å². The lowest BCUT2D eigenvalue weighted by atomic mass is 10.1. The number of hydrogen-bond acceptors (Lipinski definition) is 6. The molecule has 1 aromatic carbocycles. The van der Waals surface area contributed by atoms with E-state index >= 15 is 0 Å². The van der Waals surface area contributed by atoms with Gasteiger partial charge in [0.15, 0.2) is 15.5 Å². The molecule has 0 spiro atoms. The van der Waals surface area contributed by atoms with Gasteiger partial charge in [-0.15, -0.1) is 11.3 Å². The predicted molar refractivity (Wildman–Crippen MR) is 100 cm³/mol. The third kappa shape index (κ3) is 4.44. The van der Waals surface area contributed by atoms with Crippen LogP contribution in [0.25, 0.3) is 10.2 Å². The molecule has 1 amide bonds. The zero-order valence-corrected chi connectivity index (χ0v) is 17.1. The number of benzene rings is 1. The van der Waals surface area contributed by atoms with Gasteiger partial charge in [-0.2, -0.15) is 0 Å². The molecule has 6 nitrogen and oxygen atoms in total. The number of ether oxygens (including phenoxy) is 2. The van der Waals surface area contributed by atoms with Crippen LogP contribution in [-0.4, -0.2) is 52.0 Å². The van der Waals surface area contributed by atoms with Gasteiger partial charge in [-0.3, -0.25) is 0 Å². The number of nitrogens with zero attached hydrogens (tertiary/aromatic N) is 2. The highest BCUT2D eigenvalue weighted by Gasteiger charge is 2.34. The first kappa shape index (κ1) is 19.3. The minimum absolute atomic E-state index is 0.0312. The van der Waals surface area contributed by atoms with Crippen LogP contribution in [0.4, 0.5) is 9.18 Å². The second kappa shape index (κ2) is 7.28. The Morgan fingerprint density at radius 2 is 2.19 bits per heavy atom. The van der Waals surface area contributed by atoms with Crippen molar-refractivity contribution < 1.29 is 23.8 Å². The Morgan fingerprint density at radius 1 is 1.46 bits per heavy atom. The molecule has 9 heteroatoms. The quantitative estimate of drug-likeness (QED) is 0.755. The van der Waals surface area contributed by atoms with E-state index in [1.807, 2.05) is 0 Å². The molecule has 1 N–H and O–H groups in total. The number of rotatable bonds is 2. The zero-order chi connectivity index (χ0) is 19.1. The Labute approximate surface area is 163 Å². The second-order valence-electron chi connectivity index (χ2n) is 7.16. The van der Waals surface area contributed by atoms with Crippen molar-refractivity contribution in [2.24, 2.45) is 0 Å². The van der Waals surface area contributed by atoms with Crippen LogP contribution in [-0.2, 0) is 4.74 Å². The van der Waals surface area contributed by atoms with E-state index in [4.69, 9.17) is 9.47 Å². The molecule has 0 saturated carbocycles. The third-order valence-corrected chi connectivity index (χ3v) is 5.34. The molecular weight excluding hydrogens is 427 g/mol. The Morgan fingerprint density at radius 3 is 2.88 bits per heavy atom. The van der Waals surface area contributed by atoms with E-state index in [0.717, 1.165) is 4.70 Å². The lowest BCUT2D eigenvalue weighted by Crippen LogP contribution is -2.52. The molecule has 1 fully saturated rings. The number of carbonyl (C=O) groups excluding carboxylic acids is 1. The van der Waals surface area contributed by atoms with Gasteiger partial charge in [0.1, 0.15) is 11.7 Å². The van der Waals surface area contributed by atoms with Crippen molar-refractivity contribution in [3.05, 3.63) is 21.9 Å². The molecular formula is C17H20BrFN2O4S. The molecule has 1 saturated heterocycles. The van der Waals surface area contributed by atoms with Crippen LogP contribution in [0.3, 0.4) is 0 Å². The number of aromatic nitrogens is 1. The predicted octanol–water partition coefficient (Wildman–Crippen LogP) is 3.95. The van der Waals surface area contributed by atoms with Crippen LogP contribution in [0.2, 0.25) is 0 Å². The van der Waals surface area contributed by atoms with Crippen LogP contribution >= 0.6 is 27.3 Å². The number of halogens is 2. The lowest BCUT2D eigenvalue weighted by molar-refractivity contribution is -0.0374. The minimum Gasteiger partial charge on any atom is -0.483 e. The third-order valence-electron chi connectivity index (χ3n) is 3.87. The summed E-state index contributed by atoms with van der Waals surface area (Å²) in [7, 11) is 0. The summed E-state index contributed by atoms with van der Waals surface area (Å²) in [6.07, 6.45) is -1.67. The molecule has 2 heterocycles. The molecule has 3 rings (SSSR count). The molecule has 0 aliphatic carbocycles. The number of likely N-dealkylation sites (tertiary alicyclic amines) is 1. The van der Waals surface area contributed by atoms with Gasteiger partial charge in [0.2, 0.25) is 0 Å². The molecule has 26 heavy (non-hydrogen) atoms. The number of hydrogen-bond donors (Lipinski definition) is 1. The fourth-order valence-electron chi connectivity index (χ4n) is 2.67. The summed E-state index contributed by atoms with van der Waals surface area (Å²) in [5, 5.41) is 10.2. The number of amides is 1. The Kier molecular flexibility index (Phi) is 5.41. The first-order valence-corrected chi connectivity index (χ1v) is 9.81. The van der Waals surface area contributed by atoms with Crippen molar-refractivity contribution in [3.63, 3.8) is 0 Å². The number of aliphatic hydroxyl groups is 1. The highest BCUT2D eigenvalue weighted by Crippen LogP contribution is 2.32. The van der Waals surface area contributed by atoms with Crippen LogP contribution in [0, 0.1) is 5.82 Å².